The molecule has 0 aliphatic heterocycles. The molecular weight excluding hydrogens is 233 g/mol. The van der Waals surface area contributed by atoms with Gasteiger partial charge in [0.15, 0.2) is 0 Å². The van der Waals surface area contributed by atoms with Gasteiger partial charge in [0.1, 0.15) is 12.2 Å². The van der Waals surface area contributed by atoms with Gasteiger partial charge in [-0.1, -0.05) is 0 Å². The van der Waals surface area contributed by atoms with Gasteiger partial charge in [-0.2, -0.15) is 18.3 Å². The third-order valence-electron chi connectivity index (χ3n) is 2.61. The van der Waals surface area contributed by atoms with Crippen molar-refractivity contribution in [1.29, 1.82) is 0 Å². The summed E-state index contributed by atoms with van der Waals surface area (Å²) in [5, 5.41) is 6.87. The summed E-state index contributed by atoms with van der Waals surface area (Å²) in [5.41, 5.74) is 0. The summed E-state index contributed by atoms with van der Waals surface area (Å²) in [7, 11) is 1.66. The van der Waals surface area contributed by atoms with Gasteiger partial charge in [0.05, 0.1) is 0 Å². The molecule has 0 aliphatic rings. The Balaban J connectivity index is 2.52. The van der Waals surface area contributed by atoms with Gasteiger partial charge in [-0.15, -0.1) is 0 Å². The van der Waals surface area contributed by atoms with Crippen LogP contribution in [0.3, 0.4) is 0 Å². The number of halogens is 3. The summed E-state index contributed by atoms with van der Waals surface area (Å²) in [6, 6.07) is -0.230. The minimum absolute atomic E-state index is 0.0522. The van der Waals surface area contributed by atoms with Crippen molar-refractivity contribution in [3.63, 3.8) is 0 Å². The zero-order valence-electron chi connectivity index (χ0n) is 9.96. The standard InChI is InChI=1S/C10H17F3N4/c1-3-17-9(15-7-16-17)6-8(14-2)4-5-10(11,12)13/h7-8,14H,3-6H2,1-2H3. The van der Waals surface area contributed by atoms with Crippen molar-refractivity contribution < 1.29 is 13.2 Å². The average Bonchev–Trinajstić information content (AvgIpc) is 2.70. The third-order valence-corrected chi connectivity index (χ3v) is 2.61. The van der Waals surface area contributed by atoms with E-state index >= 15 is 0 Å². The molecule has 0 fully saturated rings. The molecule has 0 amide bonds. The minimum Gasteiger partial charge on any atom is -0.317 e. The van der Waals surface area contributed by atoms with Crippen LogP contribution in [0.5, 0.6) is 0 Å². The quantitative estimate of drug-likeness (QED) is 0.836. The van der Waals surface area contributed by atoms with E-state index in [1.807, 2.05) is 6.92 Å². The lowest BCUT2D eigenvalue weighted by molar-refractivity contribution is -0.136. The topological polar surface area (TPSA) is 42.7 Å². The average molecular weight is 250 g/mol. The fourth-order valence-corrected chi connectivity index (χ4v) is 1.62. The Morgan fingerprint density at radius 3 is 2.71 bits per heavy atom. The van der Waals surface area contributed by atoms with Gasteiger partial charge in [0.2, 0.25) is 0 Å². The first-order valence-corrected chi connectivity index (χ1v) is 5.57. The normalized spacial score (nSPS) is 13.9. The number of aryl methyl sites for hydroxylation is 1. The van der Waals surface area contributed by atoms with E-state index in [-0.39, 0.29) is 12.5 Å². The van der Waals surface area contributed by atoms with Crippen LogP contribution in [0.15, 0.2) is 6.33 Å². The van der Waals surface area contributed by atoms with Gasteiger partial charge >= 0.3 is 6.18 Å². The van der Waals surface area contributed by atoms with Crippen LogP contribution in [0, 0.1) is 0 Å². The summed E-state index contributed by atoms with van der Waals surface area (Å²) in [6.07, 6.45) is -2.95. The molecular formula is C10H17F3N4. The van der Waals surface area contributed by atoms with Crippen molar-refractivity contribution in [3.05, 3.63) is 12.2 Å². The Hall–Kier alpha value is -1.11. The SMILES string of the molecule is CCn1ncnc1CC(CCC(F)(F)F)NC. The maximum Gasteiger partial charge on any atom is 0.389 e. The fraction of sp³-hybridized carbons (Fsp3) is 0.800. The number of hydrogen-bond acceptors (Lipinski definition) is 3. The molecule has 0 radical (unpaired) electrons. The molecule has 0 spiro atoms. The van der Waals surface area contributed by atoms with Crippen molar-refractivity contribution in [2.45, 2.75) is 44.9 Å². The van der Waals surface area contributed by atoms with Crippen LogP contribution in [-0.4, -0.2) is 34.0 Å². The molecule has 1 rings (SSSR count). The molecule has 4 nitrogen and oxygen atoms in total. The molecule has 0 saturated heterocycles. The van der Waals surface area contributed by atoms with Crippen LogP contribution >= 0.6 is 0 Å². The number of hydrogen-bond donors (Lipinski definition) is 1. The van der Waals surface area contributed by atoms with E-state index < -0.39 is 12.6 Å². The maximum absolute atomic E-state index is 12.1. The second-order valence-corrected chi connectivity index (χ2v) is 3.84. The summed E-state index contributed by atoms with van der Waals surface area (Å²) in [5.74, 6) is 0.717. The predicted molar refractivity (Wildman–Crippen MR) is 57.5 cm³/mol. The fourth-order valence-electron chi connectivity index (χ4n) is 1.62. The Kier molecular flexibility index (Phi) is 4.92. The van der Waals surface area contributed by atoms with E-state index in [1.54, 1.807) is 11.7 Å². The predicted octanol–water partition coefficient (Wildman–Crippen LogP) is 1.77. The van der Waals surface area contributed by atoms with E-state index in [4.69, 9.17) is 0 Å². The Bertz CT molecular complexity index is 335. The van der Waals surface area contributed by atoms with Crippen LogP contribution in [0.1, 0.15) is 25.6 Å². The minimum atomic E-state index is -4.10. The molecule has 7 heteroatoms. The second kappa shape index (κ2) is 6.00. The zero-order valence-corrected chi connectivity index (χ0v) is 9.96. The molecule has 98 valence electrons. The first-order chi connectivity index (χ1) is 7.96. The van der Waals surface area contributed by atoms with Gasteiger partial charge in [0, 0.05) is 25.4 Å². The van der Waals surface area contributed by atoms with Crippen molar-refractivity contribution in [3.8, 4) is 0 Å². The molecule has 1 atom stereocenters. The van der Waals surface area contributed by atoms with E-state index in [0.29, 0.717) is 18.8 Å². The lowest BCUT2D eigenvalue weighted by Crippen LogP contribution is -2.30. The smallest absolute Gasteiger partial charge is 0.317 e. The van der Waals surface area contributed by atoms with Crippen molar-refractivity contribution >= 4 is 0 Å². The van der Waals surface area contributed by atoms with Gasteiger partial charge in [-0.3, -0.25) is 4.68 Å². The number of rotatable bonds is 6. The molecule has 17 heavy (non-hydrogen) atoms. The summed E-state index contributed by atoms with van der Waals surface area (Å²) >= 11 is 0. The number of nitrogens with one attached hydrogen (secondary N) is 1. The molecule has 0 saturated carbocycles. The second-order valence-electron chi connectivity index (χ2n) is 3.84. The molecule has 1 unspecified atom stereocenters. The number of alkyl halides is 3. The first-order valence-electron chi connectivity index (χ1n) is 5.57. The zero-order chi connectivity index (χ0) is 12.9. The van der Waals surface area contributed by atoms with Gasteiger partial charge in [-0.25, -0.2) is 4.98 Å². The van der Waals surface area contributed by atoms with Crippen LogP contribution in [0.4, 0.5) is 13.2 Å². The maximum atomic E-state index is 12.1. The Morgan fingerprint density at radius 2 is 2.18 bits per heavy atom. The highest BCUT2D eigenvalue weighted by Crippen LogP contribution is 2.22. The van der Waals surface area contributed by atoms with E-state index in [2.05, 4.69) is 15.4 Å². The number of likely N-dealkylation sites (N-methyl/N-ethyl adjacent to an activating group) is 1. The highest BCUT2D eigenvalue weighted by Gasteiger charge is 2.28. The molecule has 0 bridgehead atoms. The number of nitrogens with zero attached hydrogens (tertiary/aromatic N) is 3. The largest absolute Gasteiger partial charge is 0.389 e. The van der Waals surface area contributed by atoms with E-state index in [1.165, 1.54) is 6.33 Å². The van der Waals surface area contributed by atoms with Crippen LogP contribution in [0.2, 0.25) is 0 Å². The van der Waals surface area contributed by atoms with Crippen molar-refractivity contribution in [2.75, 3.05) is 7.05 Å². The highest BCUT2D eigenvalue weighted by atomic mass is 19.4. The Morgan fingerprint density at radius 1 is 1.47 bits per heavy atom. The van der Waals surface area contributed by atoms with Crippen LogP contribution in [0.25, 0.3) is 0 Å². The van der Waals surface area contributed by atoms with Crippen LogP contribution in [-0.2, 0) is 13.0 Å². The molecule has 1 aromatic rings. The van der Waals surface area contributed by atoms with Crippen molar-refractivity contribution in [1.82, 2.24) is 20.1 Å². The molecule has 1 heterocycles. The summed E-state index contributed by atoms with van der Waals surface area (Å²) < 4.78 is 38.0. The summed E-state index contributed by atoms with van der Waals surface area (Å²) in [4.78, 5) is 4.05. The lowest BCUT2D eigenvalue weighted by atomic mass is 10.1. The molecule has 1 N–H and O–H groups in total. The number of aromatic nitrogens is 3. The molecule has 1 aromatic heterocycles. The Labute approximate surface area is 98.2 Å². The van der Waals surface area contributed by atoms with Gasteiger partial charge in [0.25, 0.3) is 0 Å². The third kappa shape index (κ3) is 4.72. The van der Waals surface area contributed by atoms with Gasteiger partial charge in [-0.05, 0) is 20.4 Å². The lowest BCUT2D eigenvalue weighted by Gasteiger charge is -2.16. The molecule has 0 aliphatic carbocycles. The highest BCUT2D eigenvalue weighted by molar-refractivity contribution is 4.89. The summed E-state index contributed by atoms with van der Waals surface area (Å²) in [6.45, 7) is 2.59. The monoisotopic (exact) mass is 250 g/mol. The molecule has 0 aromatic carbocycles. The van der Waals surface area contributed by atoms with E-state index in [0.717, 1.165) is 0 Å². The van der Waals surface area contributed by atoms with Gasteiger partial charge < -0.3 is 5.32 Å². The van der Waals surface area contributed by atoms with Crippen molar-refractivity contribution in [2.24, 2.45) is 0 Å². The first kappa shape index (κ1) is 14.0. The van der Waals surface area contributed by atoms with Crippen LogP contribution < -0.4 is 5.32 Å². The van der Waals surface area contributed by atoms with E-state index in [9.17, 15) is 13.2 Å².